The lowest BCUT2D eigenvalue weighted by atomic mass is 10.1. The van der Waals surface area contributed by atoms with E-state index in [0.29, 0.717) is 12.2 Å². The molecular weight excluding hydrogens is 340 g/mol. The fraction of sp³-hybridized carbons (Fsp3) is 0.467. The standard InChI is InChI=1S/C15H24N6O3Si/c1-25(2,3)9-8-24-11-21-15(22)20(18-19-21)10-12-4-6-13(7-5-12)14(16)17-23/h4-7,23H,8-11H2,1-3H3,(H2,16,17). The Morgan fingerprint density at radius 1 is 1.24 bits per heavy atom. The van der Waals surface area contributed by atoms with Gasteiger partial charge in [-0.3, -0.25) is 0 Å². The van der Waals surface area contributed by atoms with Crippen LogP contribution in [0.4, 0.5) is 0 Å². The van der Waals surface area contributed by atoms with Gasteiger partial charge in [-0.15, -0.1) is 0 Å². The minimum atomic E-state index is -1.16. The van der Waals surface area contributed by atoms with Crippen LogP contribution in [-0.2, 0) is 18.0 Å². The Kier molecular flexibility index (Phi) is 6.10. The predicted octanol–water partition coefficient (Wildman–Crippen LogP) is 0.895. The fourth-order valence-corrected chi connectivity index (χ4v) is 2.78. The van der Waals surface area contributed by atoms with E-state index in [-0.39, 0.29) is 24.8 Å². The molecule has 0 bridgehead atoms. The Hall–Kier alpha value is -2.46. The summed E-state index contributed by atoms with van der Waals surface area (Å²) in [5.74, 6) is 0.0325. The normalized spacial score (nSPS) is 12.5. The van der Waals surface area contributed by atoms with Crippen molar-refractivity contribution in [2.24, 2.45) is 10.9 Å². The SMILES string of the molecule is C[Si](C)(C)CCOCn1nnn(Cc2ccc(/C(N)=N/O)cc2)c1=O. The molecule has 25 heavy (non-hydrogen) atoms. The zero-order valence-electron chi connectivity index (χ0n) is 14.7. The highest BCUT2D eigenvalue weighted by Crippen LogP contribution is 2.07. The van der Waals surface area contributed by atoms with E-state index in [1.807, 2.05) is 0 Å². The van der Waals surface area contributed by atoms with E-state index in [4.69, 9.17) is 15.7 Å². The first kappa shape index (κ1) is 18.9. The quantitative estimate of drug-likeness (QED) is 0.179. The van der Waals surface area contributed by atoms with Gasteiger partial charge in [-0.05, 0) is 22.0 Å². The lowest BCUT2D eigenvalue weighted by molar-refractivity contribution is 0.0747. The van der Waals surface area contributed by atoms with Crippen LogP contribution < -0.4 is 11.4 Å². The highest BCUT2D eigenvalue weighted by molar-refractivity contribution is 6.76. The average Bonchev–Trinajstić information content (AvgIpc) is 2.91. The highest BCUT2D eigenvalue weighted by Gasteiger charge is 2.13. The summed E-state index contributed by atoms with van der Waals surface area (Å²) < 4.78 is 7.99. The maximum atomic E-state index is 12.2. The molecular formula is C15H24N6O3Si. The van der Waals surface area contributed by atoms with Crippen molar-refractivity contribution in [1.82, 2.24) is 19.8 Å². The van der Waals surface area contributed by atoms with Crippen LogP contribution >= 0.6 is 0 Å². The van der Waals surface area contributed by atoms with Gasteiger partial charge in [0.1, 0.15) is 6.73 Å². The van der Waals surface area contributed by atoms with Gasteiger partial charge in [0.25, 0.3) is 0 Å². The third-order valence-electron chi connectivity index (χ3n) is 3.60. The zero-order chi connectivity index (χ0) is 18.4. The molecule has 9 nitrogen and oxygen atoms in total. The van der Waals surface area contributed by atoms with E-state index in [1.165, 1.54) is 9.36 Å². The largest absolute Gasteiger partial charge is 0.409 e. The van der Waals surface area contributed by atoms with E-state index in [2.05, 4.69) is 35.2 Å². The lowest BCUT2D eigenvalue weighted by Crippen LogP contribution is -2.27. The van der Waals surface area contributed by atoms with Gasteiger partial charge in [-0.25, -0.2) is 4.79 Å². The first-order valence-corrected chi connectivity index (χ1v) is 11.7. The van der Waals surface area contributed by atoms with Crippen LogP contribution in [0.15, 0.2) is 34.2 Å². The molecule has 0 aliphatic heterocycles. The summed E-state index contributed by atoms with van der Waals surface area (Å²) in [6.45, 7) is 7.80. The topological polar surface area (TPSA) is 121 Å². The maximum Gasteiger partial charge on any atom is 0.366 e. The molecule has 1 aromatic carbocycles. The zero-order valence-corrected chi connectivity index (χ0v) is 15.7. The molecule has 2 rings (SSSR count). The predicted molar refractivity (Wildman–Crippen MR) is 96.4 cm³/mol. The Bertz CT molecular complexity index is 776. The molecule has 1 aromatic heterocycles. The third-order valence-corrected chi connectivity index (χ3v) is 5.30. The number of tetrazole rings is 1. The number of aromatic nitrogens is 4. The number of hydrogen-bond donors (Lipinski definition) is 2. The molecule has 0 saturated heterocycles. The number of oxime groups is 1. The van der Waals surface area contributed by atoms with E-state index < -0.39 is 8.07 Å². The molecule has 0 amide bonds. The van der Waals surface area contributed by atoms with Gasteiger partial charge in [0.05, 0.1) is 6.54 Å². The smallest absolute Gasteiger partial charge is 0.366 e. The molecule has 3 N–H and O–H groups in total. The lowest BCUT2D eigenvalue weighted by Gasteiger charge is -2.14. The fourth-order valence-electron chi connectivity index (χ4n) is 2.03. The second-order valence-electron chi connectivity index (χ2n) is 6.95. The summed E-state index contributed by atoms with van der Waals surface area (Å²) in [6.07, 6.45) is 0. The van der Waals surface area contributed by atoms with Gasteiger partial charge in [0, 0.05) is 20.2 Å². The molecule has 136 valence electrons. The van der Waals surface area contributed by atoms with Gasteiger partial charge < -0.3 is 15.7 Å². The maximum absolute atomic E-state index is 12.2. The summed E-state index contributed by atoms with van der Waals surface area (Å²) in [5.41, 5.74) is 6.64. The number of ether oxygens (including phenoxy) is 1. The summed E-state index contributed by atoms with van der Waals surface area (Å²) >= 11 is 0. The molecule has 0 spiro atoms. The number of hydrogen-bond acceptors (Lipinski definition) is 6. The van der Waals surface area contributed by atoms with Gasteiger partial charge in [-0.1, -0.05) is 49.1 Å². The van der Waals surface area contributed by atoms with Crippen molar-refractivity contribution in [1.29, 1.82) is 0 Å². The number of rotatable bonds is 8. The second-order valence-corrected chi connectivity index (χ2v) is 12.6. The van der Waals surface area contributed by atoms with E-state index in [1.54, 1.807) is 24.3 Å². The van der Waals surface area contributed by atoms with Crippen molar-refractivity contribution in [3.8, 4) is 0 Å². The van der Waals surface area contributed by atoms with Crippen LogP contribution in [0.5, 0.6) is 0 Å². The first-order chi connectivity index (χ1) is 11.8. The molecule has 0 radical (unpaired) electrons. The van der Waals surface area contributed by atoms with Crippen LogP contribution in [0, 0.1) is 0 Å². The van der Waals surface area contributed by atoms with E-state index >= 15 is 0 Å². The molecule has 0 aliphatic carbocycles. The Morgan fingerprint density at radius 2 is 1.88 bits per heavy atom. The van der Waals surface area contributed by atoms with Gasteiger partial charge in [-0.2, -0.15) is 9.36 Å². The first-order valence-electron chi connectivity index (χ1n) is 7.95. The highest BCUT2D eigenvalue weighted by atomic mass is 28.3. The molecule has 0 atom stereocenters. The number of nitrogens with two attached hydrogens (primary N) is 1. The Morgan fingerprint density at radius 3 is 2.48 bits per heavy atom. The van der Waals surface area contributed by atoms with Crippen LogP contribution in [0.2, 0.25) is 25.7 Å². The molecule has 0 unspecified atom stereocenters. The van der Waals surface area contributed by atoms with Crippen molar-refractivity contribution >= 4 is 13.9 Å². The minimum Gasteiger partial charge on any atom is -0.409 e. The molecule has 1 heterocycles. The molecule has 2 aromatic rings. The van der Waals surface area contributed by atoms with E-state index in [9.17, 15) is 4.79 Å². The summed E-state index contributed by atoms with van der Waals surface area (Å²) in [6, 6.07) is 8.01. The van der Waals surface area contributed by atoms with Gasteiger partial charge in [0.15, 0.2) is 5.84 Å². The summed E-state index contributed by atoms with van der Waals surface area (Å²) in [5, 5.41) is 19.3. The van der Waals surface area contributed by atoms with Gasteiger partial charge >= 0.3 is 5.69 Å². The van der Waals surface area contributed by atoms with Crippen LogP contribution in [0.25, 0.3) is 0 Å². The minimum absolute atomic E-state index is 0.0325. The summed E-state index contributed by atoms with van der Waals surface area (Å²) in [7, 11) is -1.16. The number of benzene rings is 1. The average molecular weight is 364 g/mol. The van der Waals surface area contributed by atoms with Crippen LogP contribution in [0.1, 0.15) is 11.1 Å². The molecule has 0 saturated carbocycles. The second kappa shape index (κ2) is 8.08. The Balaban J connectivity index is 1.95. The van der Waals surface area contributed by atoms with Gasteiger partial charge in [0.2, 0.25) is 0 Å². The molecule has 10 heteroatoms. The van der Waals surface area contributed by atoms with Crippen molar-refractivity contribution in [3.05, 3.63) is 45.9 Å². The van der Waals surface area contributed by atoms with Crippen LogP contribution in [-0.4, -0.2) is 45.5 Å². The number of amidine groups is 1. The van der Waals surface area contributed by atoms with Crippen molar-refractivity contribution < 1.29 is 9.94 Å². The third kappa shape index (κ3) is 5.54. The van der Waals surface area contributed by atoms with Crippen molar-refractivity contribution in [2.45, 2.75) is 39.0 Å². The molecule has 0 aliphatic rings. The molecule has 0 fully saturated rings. The monoisotopic (exact) mass is 364 g/mol. The number of nitrogens with zero attached hydrogens (tertiary/aromatic N) is 5. The van der Waals surface area contributed by atoms with Crippen LogP contribution in [0.3, 0.4) is 0 Å². The van der Waals surface area contributed by atoms with Crippen molar-refractivity contribution in [2.75, 3.05) is 6.61 Å². The summed E-state index contributed by atoms with van der Waals surface area (Å²) in [4.78, 5) is 12.2. The van der Waals surface area contributed by atoms with E-state index in [0.717, 1.165) is 11.6 Å². The Labute approximate surface area is 146 Å². The van der Waals surface area contributed by atoms with Crippen molar-refractivity contribution in [3.63, 3.8) is 0 Å².